The van der Waals surface area contributed by atoms with Crippen molar-refractivity contribution in [2.24, 2.45) is 0 Å². The van der Waals surface area contributed by atoms with Crippen LogP contribution in [-0.2, 0) is 4.79 Å². The summed E-state index contributed by atoms with van der Waals surface area (Å²) in [5.74, 6) is -0.735. The van der Waals surface area contributed by atoms with Crippen LogP contribution in [0.3, 0.4) is 0 Å². The van der Waals surface area contributed by atoms with Crippen LogP contribution in [0.1, 0.15) is 11.3 Å². The highest BCUT2D eigenvalue weighted by Gasteiger charge is 2.12. The van der Waals surface area contributed by atoms with Crippen LogP contribution in [0.25, 0.3) is 11.6 Å². The van der Waals surface area contributed by atoms with E-state index in [1.807, 2.05) is 26.0 Å². The van der Waals surface area contributed by atoms with E-state index < -0.39 is 5.97 Å². The molecule has 94 valence electrons. The van der Waals surface area contributed by atoms with Gasteiger partial charge in [-0.3, -0.25) is 4.79 Å². The van der Waals surface area contributed by atoms with Crippen LogP contribution in [-0.4, -0.2) is 32.0 Å². The van der Waals surface area contributed by atoms with Gasteiger partial charge in [0.05, 0.1) is 0 Å². The van der Waals surface area contributed by atoms with E-state index in [0.717, 1.165) is 23.0 Å². The molecule has 0 fully saturated rings. The molecule has 7 heteroatoms. The Hall–Kier alpha value is -1.89. The molecular formula is C11H11N3O3S. The van der Waals surface area contributed by atoms with Crippen molar-refractivity contribution in [1.29, 1.82) is 0 Å². The molecule has 0 atom stereocenters. The number of aromatic nitrogens is 3. The Kier molecular flexibility index (Phi) is 3.61. The molecule has 0 saturated carbocycles. The number of rotatable bonds is 4. The molecule has 6 nitrogen and oxygen atoms in total. The summed E-state index contributed by atoms with van der Waals surface area (Å²) in [5.41, 5.74) is 2.51. The van der Waals surface area contributed by atoms with Crippen LogP contribution in [0.2, 0.25) is 0 Å². The van der Waals surface area contributed by atoms with Gasteiger partial charge in [-0.25, -0.2) is 4.98 Å². The van der Waals surface area contributed by atoms with E-state index in [4.69, 9.17) is 9.52 Å². The van der Waals surface area contributed by atoms with Gasteiger partial charge in [0.25, 0.3) is 11.1 Å². The number of carboxylic acid groups (broad SMARTS) is 1. The second kappa shape index (κ2) is 5.18. The van der Waals surface area contributed by atoms with Gasteiger partial charge in [0.15, 0.2) is 0 Å². The van der Waals surface area contributed by atoms with E-state index in [0.29, 0.717) is 11.6 Å². The van der Waals surface area contributed by atoms with Crippen LogP contribution < -0.4 is 0 Å². The Morgan fingerprint density at radius 2 is 2.17 bits per heavy atom. The van der Waals surface area contributed by atoms with Gasteiger partial charge in [-0.15, -0.1) is 10.2 Å². The molecule has 0 saturated heterocycles. The Bertz CT molecular complexity index is 562. The molecule has 1 N–H and O–H groups in total. The average Bonchev–Trinajstić information content (AvgIpc) is 2.73. The largest absolute Gasteiger partial charge is 0.481 e. The second-order valence-electron chi connectivity index (χ2n) is 3.73. The fourth-order valence-corrected chi connectivity index (χ4v) is 1.93. The topological polar surface area (TPSA) is 89.1 Å². The summed E-state index contributed by atoms with van der Waals surface area (Å²) >= 11 is 0.985. The molecule has 0 spiro atoms. The standard InChI is InChI=1S/C11H11N3O3S/c1-6-3-7(2)12-8(4-6)10-13-14-11(17-10)18-5-9(15)16/h3-4H,5H2,1-2H3,(H,15,16). The van der Waals surface area contributed by atoms with Crippen LogP contribution >= 0.6 is 11.8 Å². The van der Waals surface area contributed by atoms with E-state index in [2.05, 4.69) is 15.2 Å². The third-order valence-corrected chi connectivity index (χ3v) is 2.85. The zero-order valence-corrected chi connectivity index (χ0v) is 10.7. The smallest absolute Gasteiger partial charge is 0.314 e. The third-order valence-electron chi connectivity index (χ3n) is 2.04. The van der Waals surface area contributed by atoms with Crippen LogP contribution in [0.5, 0.6) is 0 Å². The lowest BCUT2D eigenvalue weighted by molar-refractivity contribution is -0.133. The number of carbonyl (C=O) groups is 1. The van der Waals surface area contributed by atoms with Crippen LogP contribution in [0.15, 0.2) is 21.8 Å². The summed E-state index contributed by atoms with van der Waals surface area (Å²) in [5, 5.41) is 16.4. The first kappa shape index (κ1) is 12.6. The van der Waals surface area contributed by atoms with Gasteiger partial charge in [0, 0.05) is 5.69 Å². The minimum absolute atomic E-state index is 0.109. The average molecular weight is 265 g/mol. The van der Waals surface area contributed by atoms with Gasteiger partial charge >= 0.3 is 5.97 Å². The molecule has 2 aromatic rings. The summed E-state index contributed by atoms with van der Waals surface area (Å²) < 4.78 is 5.34. The Labute approximate surface area is 107 Å². The molecule has 0 amide bonds. The number of nitrogens with zero attached hydrogens (tertiary/aromatic N) is 3. The predicted octanol–water partition coefficient (Wildman–Crippen LogP) is 1.93. The maximum atomic E-state index is 10.4. The van der Waals surface area contributed by atoms with Crippen molar-refractivity contribution in [1.82, 2.24) is 15.2 Å². The normalized spacial score (nSPS) is 10.6. The van der Waals surface area contributed by atoms with E-state index in [9.17, 15) is 4.79 Å². The molecule has 0 aliphatic rings. The Balaban J connectivity index is 2.21. The van der Waals surface area contributed by atoms with Crippen molar-refractivity contribution in [3.63, 3.8) is 0 Å². The molecule has 2 heterocycles. The molecule has 0 aliphatic heterocycles. The number of pyridine rings is 1. The van der Waals surface area contributed by atoms with Crippen molar-refractivity contribution in [2.45, 2.75) is 19.1 Å². The zero-order valence-electron chi connectivity index (χ0n) is 9.88. The number of thioether (sulfide) groups is 1. The van der Waals surface area contributed by atoms with Gasteiger partial charge in [-0.1, -0.05) is 11.8 Å². The molecular weight excluding hydrogens is 254 g/mol. The molecule has 0 aromatic carbocycles. The summed E-state index contributed by atoms with van der Waals surface area (Å²) in [6.07, 6.45) is 0. The molecule has 0 radical (unpaired) electrons. The van der Waals surface area contributed by atoms with Crippen molar-refractivity contribution in [3.8, 4) is 11.6 Å². The maximum Gasteiger partial charge on any atom is 0.314 e. The first-order valence-electron chi connectivity index (χ1n) is 5.18. The van der Waals surface area contributed by atoms with Gasteiger partial charge in [0.1, 0.15) is 11.4 Å². The van der Waals surface area contributed by atoms with Crippen LogP contribution in [0.4, 0.5) is 0 Å². The molecule has 2 rings (SSSR count). The predicted molar refractivity (Wildman–Crippen MR) is 65.4 cm³/mol. The Morgan fingerprint density at radius 1 is 1.39 bits per heavy atom. The van der Waals surface area contributed by atoms with Gasteiger partial charge < -0.3 is 9.52 Å². The summed E-state index contributed by atoms with van der Waals surface area (Å²) in [7, 11) is 0. The number of hydrogen-bond donors (Lipinski definition) is 1. The minimum atomic E-state index is -0.927. The van der Waals surface area contributed by atoms with Gasteiger partial charge in [-0.2, -0.15) is 0 Å². The number of aliphatic carboxylic acids is 1. The summed E-state index contributed by atoms with van der Waals surface area (Å²) in [6.45, 7) is 3.83. The third kappa shape index (κ3) is 3.07. The van der Waals surface area contributed by atoms with Gasteiger partial charge in [-0.05, 0) is 31.5 Å². The number of carboxylic acids is 1. The fraction of sp³-hybridized carbons (Fsp3) is 0.273. The van der Waals surface area contributed by atoms with Crippen molar-refractivity contribution in [3.05, 3.63) is 23.4 Å². The van der Waals surface area contributed by atoms with Crippen molar-refractivity contribution < 1.29 is 14.3 Å². The monoisotopic (exact) mass is 265 g/mol. The molecule has 2 aromatic heterocycles. The second-order valence-corrected chi connectivity index (χ2v) is 4.65. The Morgan fingerprint density at radius 3 is 2.83 bits per heavy atom. The van der Waals surface area contributed by atoms with Crippen molar-refractivity contribution in [2.75, 3.05) is 5.75 Å². The minimum Gasteiger partial charge on any atom is -0.481 e. The maximum absolute atomic E-state index is 10.4. The van der Waals surface area contributed by atoms with Crippen LogP contribution in [0, 0.1) is 13.8 Å². The van der Waals surface area contributed by atoms with E-state index in [1.54, 1.807) is 0 Å². The molecule has 0 aliphatic carbocycles. The van der Waals surface area contributed by atoms with E-state index in [-0.39, 0.29) is 11.0 Å². The molecule has 0 unspecified atom stereocenters. The first-order valence-corrected chi connectivity index (χ1v) is 6.17. The van der Waals surface area contributed by atoms with E-state index >= 15 is 0 Å². The highest BCUT2D eigenvalue weighted by atomic mass is 32.2. The quantitative estimate of drug-likeness (QED) is 0.845. The highest BCUT2D eigenvalue weighted by molar-refractivity contribution is 7.99. The van der Waals surface area contributed by atoms with Gasteiger partial charge in [0.2, 0.25) is 0 Å². The number of aryl methyl sites for hydroxylation is 2. The lowest BCUT2D eigenvalue weighted by Gasteiger charge is -1.98. The SMILES string of the molecule is Cc1cc(C)nc(-c2nnc(SCC(=O)O)o2)c1. The summed E-state index contributed by atoms with van der Waals surface area (Å²) in [6, 6.07) is 3.78. The fourth-order valence-electron chi connectivity index (χ4n) is 1.45. The molecule has 0 bridgehead atoms. The van der Waals surface area contributed by atoms with E-state index in [1.165, 1.54) is 0 Å². The summed E-state index contributed by atoms with van der Waals surface area (Å²) in [4.78, 5) is 14.7. The van der Waals surface area contributed by atoms with Crippen molar-refractivity contribution >= 4 is 17.7 Å². The zero-order chi connectivity index (χ0) is 13.1. The molecule has 18 heavy (non-hydrogen) atoms. The number of hydrogen-bond acceptors (Lipinski definition) is 6. The first-order chi connectivity index (χ1) is 8.54. The lowest BCUT2D eigenvalue weighted by Crippen LogP contribution is -1.97. The lowest BCUT2D eigenvalue weighted by atomic mass is 10.2. The highest BCUT2D eigenvalue weighted by Crippen LogP contribution is 2.22.